The van der Waals surface area contributed by atoms with Gasteiger partial charge in [-0.1, -0.05) is 0 Å². The van der Waals surface area contributed by atoms with Crippen molar-refractivity contribution in [1.82, 2.24) is 14.5 Å². The molecule has 1 aliphatic rings. The number of fused-ring (bicyclic) bond motifs is 1. The van der Waals surface area contributed by atoms with E-state index in [9.17, 15) is 0 Å². The summed E-state index contributed by atoms with van der Waals surface area (Å²) in [5.74, 6) is 0.503. The fourth-order valence-corrected chi connectivity index (χ4v) is 2.80. The highest BCUT2D eigenvalue weighted by Gasteiger charge is 2.22. The molecule has 0 atom stereocenters. The molecule has 0 spiro atoms. The minimum absolute atomic E-state index is 0.335. The van der Waals surface area contributed by atoms with Gasteiger partial charge in [0.2, 0.25) is 0 Å². The zero-order chi connectivity index (χ0) is 11.7. The van der Waals surface area contributed by atoms with Crippen LogP contribution in [0.25, 0.3) is 11.0 Å². The average Bonchev–Trinajstić information content (AvgIpc) is 2.83. The molecule has 1 saturated carbocycles. The van der Waals surface area contributed by atoms with Gasteiger partial charge in [-0.25, -0.2) is 9.97 Å². The van der Waals surface area contributed by atoms with Crippen LogP contribution in [0.4, 0.5) is 0 Å². The van der Waals surface area contributed by atoms with Crippen molar-refractivity contribution in [3.63, 3.8) is 0 Å². The molecule has 0 radical (unpaired) electrons. The van der Waals surface area contributed by atoms with Crippen molar-refractivity contribution in [3.8, 4) is 0 Å². The lowest BCUT2D eigenvalue weighted by Gasteiger charge is -2.28. The second kappa shape index (κ2) is 4.45. The molecule has 90 valence electrons. The van der Waals surface area contributed by atoms with Crippen molar-refractivity contribution in [2.45, 2.75) is 31.7 Å². The van der Waals surface area contributed by atoms with Crippen molar-refractivity contribution >= 4 is 11.0 Å². The molecule has 4 heteroatoms. The van der Waals surface area contributed by atoms with Gasteiger partial charge >= 0.3 is 0 Å². The highest BCUT2D eigenvalue weighted by molar-refractivity contribution is 5.74. The van der Waals surface area contributed by atoms with E-state index in [0.29, 0.717) is 18.6 Å². The van der Waals surface area contributed by atoms with Crippen LogP contribution in [-0.4, -0.2) is 26.2 Å². The van der Waals surface area contributed by atoms with Crippen LogP contribution in [0.1, 0.15) is 31.7 Å². The van der Waals surface area contributed by atoms with E-state index in [0.717, 1.165) is 36.7 Å². The molecule has 0 aromatic carbocycles. The van der Waals surface area contributed by atoms with Crippen LogP contribution in [-0.2, 0) is 0 Å². The fraction of sp³-hybridized carbons (Fsp3) is 0.538. The molecule has 1 fully saturated rings. The Morgan fingerprint density at radius 3 is 2.88 bits per heavy atom. The summed E-state index contributed by atoms with van der Waals surface area (Å²) in [6.45, 7) is 0.335. The van der Waals surface area contributed by atoms with Crippen molar-refractivity contribution in [2.75, 3.05) is 6.61 Å². The lowest BCUT2D eigenvalue weighted by Crippen LogP contribution is -2.19. The summed E-state index contributed by atoms with van der Waals surface area (Å²) in [6.07, 6.45) is 10.1. The Hall–Kier alpha value is -1.42. The van der Waals surface area contributed by atoms with Crippen molar-refractivity contribution in [1.29, 1.82) is 0 Å². The zero-order valence-electron chi connectivity index (χ0n) is 9.79. The van der Waals surface area contributed by atoms with Gasteiger partial charge in [0.25, 0.3) is 0 Å². The van der Waals surface area contributed by atoms with E-state index < -0.39 is 0 Å². The highest BCUT2D eigenvalue weighted by atomic mass is 16.3. The predicted octanol–water partition coefficient (Wildman–Crippen LogP) is 2.15. The van der Waals surface area contributed by atoms with Crippen molar-refractivity contribution in [3.05, 3.63) is 24.8 Å². The Kier molecular flexibility index (Phi) is 2.81. The first-order valence-corrected chi connectivity index (χ1v) is 6.26. The van der Waals surface area contributed by atoms with E-state index in [1.807, 2.05) is 6.20 Å². The van der Waals surface area contributed by atoms with E-state index in [1.54, 1.807) is 6.33 Å². The molecular weight excluding hydrogens is 214 g/mol. The molecule has 1 aliphatic carbocycles. The van der Waals surface area contributed by atoms with E-state index >= 15 is 0 Å². The second-order valence-corrected chi connectivity index (χ2v) is 4.88. The quantitative estimate of drug-likeness (QED) is 0.861. The Balaban J connectivity index is 1.85. The summed E-state index contributed by atoms with van der Waals surface area (Å²) in [5.41, 5.74) is 1.03. The number of rotatable bonds is 2. The van der Waals surface area contributed by atoms with Gasteiger partial charge < -0.3 is 9.67 Å². The molecule has 0 bridgehead atoms. The third-order valence-corrected chi connectivity index (χ3v) is 3.85. The summed E-state index contributed by atoms with van der Waals surface area (Å²) in [4.78, 5) is 8.40. The van der Waals surface area contributed by atoms with E-state index in [2.05, 4.69) is 26.8 Å². The van der Waals surface area contributed by atoms with Gasteiger partial charge in [0.1, 0.15) is 12.0 Å². The Labute approximate surface area is 100 Å². The molecular formula is C13H17N3O. The number of aliphatic hydroxyl groups is 1. The first kappa shape index (κ1) is 10.7. The van der Waals surface area contributed by atoms with Crippen LogP contribution in [0.5, 0.6) is 0 Å². The standard InChI is InChI=1S/C13H17N3O/c17-8-10-1-3-12(4-2-10)16-6-5-11-7-14-9-15-13(11)16/h5-7,9-10,12,17H,1-4,8H2. The summed E-state index contributed by atoms with van der Waals surface area (Å²) >= 11 is 0. The summed E-state index contributed by atoms with van der Waals surface area (Å²) in [7, 11) is 0. The zero-order valence-corrected chi connectivity index (χ0v) is 9.79. The number of aromatic nitrogens is 3. The molecule has 0 aliphatic heterocycles. The minimum Gasteiger partial charge on any atom is -0.396 e. The Morgan fingerprint density at radius 2 is 2.12 bits per heavy atom. The number of nitrogens with zero attached hydrogens (tertiary/aromatic N) is 3. The summed E-state index contributed by atoms with van der Waals surface area (Å²) in [5, 5.41) is 10.3. The maximum atomic E-state index is 9.15. The van der Waals surface area contributed by atoms with Crippen LogP contribution < -0.4 is 0 Å². The first-order chi connectivity index (χ1) is 8.38. The molecule has 1 N–H and O–H groups in total. The Bertz CT molecular complexity index is 500. The van der Waals surface area contributed by atoms with Crippen molar-refractivity contribution < 1.29 is 5.11 Å². The van der Waals surface area contributed by atoms with Gasteiger partial charge in [0, 0.05) is 30.4 Å². The monoisotopic (exact) mass is 231 g/mol. The summed E-state index contributed by atoms with van der Waals surface area (Å²) in [6, 6.07) is 2.61. The topological polar surface area (TPSA) is 50.9 Å². The lowest BCUT2D eigenvalue weighted by molar-refractivity contribution is 0.170. The first-order valence-electron chi connectivity index (χ1n) is 6.26. The minimum atomic E-state index is 0.335. The Morgan fingerprint density at radius 1 is 1.29 bits per heavy atom. The molecule has 0 amide bonds. The normalized spacial score (nSPS) is 25.2. The molecule has 0 unspecified atom stereocenters. The van der Waals surface area contributed by atoms with Gasteiger partial charge in [0.05, 0.1) is 0 Å². The van der Waals surface area contributed by atoms with Gasteiger partial charge in [0.15, 0.2) is 0 Å². The number of aliphatic hydroxyl groups excluding tert-OH is 1. The third kappa shape index (κ3) is 1.93. The van der Waals surface area contributed by atoms with Crippen LogP contribution in [0.3, 0.4) is 0 Å². The molecule has 2 heterocycles. The van der Waals surface area contributed by atoms with E-state index in [-0.39, 0.29) is 0 Å². The maximum Gasteiger partial charge on any atom is 0.143 e. The predicted molar refractivity (Wildman–Crippen MR) is 65.6 cm³/mol. The third-order valence-electron chi connectivity index (χ3n) is 3.85. The molecule has 3 rings (SSSR count). The van der Waals surface area contributed by atoms with Crippen LogP contribution in [0, 0.1) is 5.92 Å². The molecule has 4 nitrogen and oxygen atoms in total. The molecule has 0 saturated heterocycles. The van der Waals surface area contributed by atoms with Gasteiger partial charge in [-0.2, -0.15) is 0 Å². The second-order valence-electron chi connectivity index (χ2n) is 4.88. The number of hydrogen-bond donors (Lipinski definition) is 1. The largest absolute Gasteiger partial charge is 0.396 e. The van der Waals surface area contributed by atoms with Gasteiger partial charge in [-0.3, -0.25) is 0 Å². The van der Waals surface area contributed by atoms with E-state index in [1.165, 1.54) is 0 Å². The lowest BCUT2D eigenvalue weighted by atomic mass is 9.86. The van der Waals surface area contributed by atoms with Crippen LogP contribution in [0.15, 0.2) is 24.8 Å². The highest BCUT2D eigenvalue weighted by Crippen LogP contribution is 2.33. The molecule has 2 aromatic rings. The summed E-state index contributed by atoms with van der Waals surface area (Å²) < 4.78 is 2.27. The number of hydrogen-bond acceptors (Lipinski definition) is 3. The molecule has 2 aromatic heterocycles. The smallest absolute Gasteiger partial charge is 0.143 e. The van der Waals surface area contributed by atoms with Crippen LogP contribution in [0.2, 0.25) is 0 Å². The average molecular weight is 231 g/mol. The fourth-order valence-electron chi connectivity index (χ4n) is 2.80. The maximum absolute atomic E-state index is 9.15. The van der Waals surface area contributed by atoms with Crippen LogP contribution >= 0.6 is 0 Å². The van der Waals surface area contributed by atoms with Gasteiger partial charge in [-0.05, 0) is 37.7 Å². The SMILES string of the molecule is OCC1CCC(n2ccc3cncnc32)CC1. The molecule has 17 heavy (non-hydrogen) atoms. The van der Waals surface area contributed by atoms with E-state index in [4.69, 9.17) is 5.11 Å². The van der Waals surface area contributed by atoms with Crippen molar-refractivity contribution in [2.24, 2.45) is 5.92 Å². The van der Waals surface area contributed by atoms with Gasteiger partial charge in [-0.15, -0.1) is 0 Å².